The van der Waals surface area contributed by atoms with Crippen molar-refractivity contribution >= 4 is 5.82 Å². The standard InChI is InChI=1S/C14H13N3O/c1-16-13-3-2-4-14(17-13)18-12-7-5-11(6-8-12)9-10-15/h2-8H,9H2,1H3,(H,16,17). The Hall–Kier alpha value is -2.54. The number of hydrogen-bond acceptors (Lipinski definition) is 4. The van der Waals surface area contributed by atoms with Crippen LogP contribution in [-0.2, 0) is 6.42 Å². The number of nitrogens with one attached hydrogen (secondary N) is 1. The Labute approximate surface area is 106 Å². The minimum atomic E-state index is 0.410. The maximum absolute atomic E-state index is 8.58. The van der Waals surface area contributed by atoms with Crippen molar-refractivity contribution in [2.24, 2.45) is 0 Å². The first kappa shape index (κ1) is 11.9. The number of rotatable bonds is 4. The van der Waals surface area contributed by atoms with Crippen LogP contribution in [0.3, 0.4) is 0 Å². The number of aromatic nitrogens is 1. The Kier molecular flexibility index (Phi) is 3.77. The minimum absolute atomic E-state index is 0.410. The highest BCUT2D eigenvalue weighted by Gasteiger charge is 2.00. The molecule has 0 aliphatic heterocycles. The summed E-state index contributed by atoms with van der Waals surface area (Å²) in [4.78, 5) is 4.26. The number of nitrogens with zero attached hydrogens (tertiary/aromatic N) is 2. The van der Waals surface area contributed by atoms with E-state index >= 15 is 0 Å². The van der Waals surface area contributed by atoms with Gasteiger partial charge in [-0.2, -0.15) is 10.2 Å². The molecule has 1 aromatic carbocycles. The first-order valence-electron chi connectivity index (χ1n) is 5.60. The lowest BCUT2D eigenvalue weighted by Crippen LogP contribution is -1.94. The van der Waals surface area contributed by atoms with Crippen molar-refractivity contribution in [1.82, 2.24) is 4.98 Å². The fourth-order valence-electron chi connectivity index (χ4n) is 1.50. The molecular weight excluding hydrogens is 226 g/mol. The third kappa shape index (κ3) is 2.98. The fourth-order valence-corrected chi connectivity index (χ4v) is 1.50. The minimum Gasteiger partial charge on any atom is -0.439 e. The van der Waals surface area contributed by atoms with Crippen LogP contribution >= 0.6 is 0 Å². The third-order valence-corrected chi connectivity index (χ3v) is 2.41. The van der Waals surface area contributed by atoms with E-state index in [1.54, 1.807) is 6.07 Å². The molecule has 0 bridgehead atoms. The Bertz CT molecular complexity index is 558. The summed E-state index contributed by atoms with van der Waals surface area (Å²) in [6, 6.07) is 15.1. The van der Waals surface area contributed by atoms with Gasteiger partial charge >= 0.3 is 0 Å². The van der Waals surface area contributed by atoms with Crippen molar-refractivity contribution in [3.8, 4) is 17.7 Å². The van der Waals surface area contributed by atoms with Gasteiger partial charge in [0.2, 0.25) is 5.88 Å². The summed E-state index contributed by atoms with van der Waals surface area (Å²) in [7, 11) is 1.81. The lowest BCUT2D eigenvalue weighted by Gasteiger charge is -2.06. The van der Waals surface area contributed by atoms with E-state index in [9.17, 15) is 0 Å². The second-order valence-corrected chi connectivity index (χ2v) is 3.69. The van der Waals surface area contributed by atoms with E-state index in [0.29, 0.717) is 18.1 Å². The Morgan fingerprint density at radius 1 is 1.22 bits per heavy atom. The van der Waals surface area contributed by atoms with Gasteiger partial charge < -0.3 is 10.1 Å². The molecule has 2 aromatic rings. The highest BCUT2D eigenvalue weighted by Crippen LogP contribution is 2.21. The second kappa shape index (κ2) is 5.69. The lowest BCUT2D eigenvalue weighted by atomic mass is 10.2. The molecule has 0 fully saturated rings. The summed E-state index contributed by atoms with van der Waals surface area (Å²) < 4.78 is 5.62. The molecule has 0 radical (unpaired) electrons. The average molecular weight is 239 g/mol. The monoisotopic (exact) mass is 239 g/mol. The lowest BCUT2D eigenvalue weighted by molar-refractivity contribution is 0.463. The van der Waals surface area contributed by atoms with Gasteiger partial charge in [-0.15, -0.1) is 0 Å². The van der Waals surface area contributed by atoms with Gasteiger partial charge in [-0.25, -0.2) is 0 Å². The van der Waals surface area contributed by atoms with Crippen LogP contribution in [0.2, 0.25) is 0 Å². The smallest absolute Gasteiger partial charge is 0.221 e. The molecule has 4 nitrogen and oxygen atoms in total. The SMILES string of the molecule is CNc1cccc(Oc2ccc(CC#N)cc2)n1. The van der Waals surface area contributed by atoms with E-state index in [2.05, 4.69) is 16.4 Å². The normalized spacial score (nSPS) is 9.56. The van der Waals surface area contributed by atoms with Gasteiger partial charge in [-0.3, -0.25) is 0 Å². The molecule has 18 heavy (non-hydrogen) atoms. The third-order valence-electron chi connectivity index (χ3n) is 2.41. The first-order chi connectivity index (χ1) is 8.81. The molecule has 0 atom stereocenters. The van der Waals surface area contributed by atoms with E-state index < -0.39 is 0 Å². The van der Waals surface area contributed by atoms with E-state index in [1.165, 1.54) is 0 Å². The van der Waals surface area contributed by atoms with Crippen molar-refractivity contribution in [2.45, 2.75) is 6.42 Å². The van der Waals surface area contributed by atoms with Crippen LogP contribution in [-0.4, -0.2) is 12.0 Å². The maximum atomic E-state index is 8.58. The van der Waals surface area contributed by atoms with Crippen molar-refractivity contribution in [1.29, 1.82) is 5.26 Å². The average Bonchev–Trinajstić information content (AvgIpc) is 2.42. The number of nitriles is 1. The van der Waals surface area contributed by atoms with Crippen LogP contribution in [0.25, 0.3) is 0 Å². The largest absolute Gasteiger partial charge is 0.439 e. The Balaban J connectivity index is 2.11. The van der Waals surface area contributed by atoms with Crippen molar-refractivity contribution in [2.75, 3.05) is 12.4 Å². The Morgan fingerprint density at radius 3 is 2.67 bits per heavy atom. The summed E-state index contributed by atoms with van der Waals surface area (Å²) >= 11 is 0. The molecule has 0 spiro atoms. The fraction of sp³-hybridized carbons (Fsp3) is 0.143. The molecule has 0 unspecified atom stereocenters. The molecule has 1 N–H and O–H groups in total. The van der Waals surface area contributed by atoms with Crippen LogP contribution in [0.4, 0.5) is 5.82 Å². The van der Waals surface area contributed by atoms with Gasteiger partial charge in [0.15, 0.2) is 0 Å². The van der Waals surface area contributed by atoms with Crippen LogP contribution in [0.5, 0.6) is 11.6 Å². The number of ether oxygens (including phenoxy) is 1. The maximum Gasteiger partial charge on any atom is 0.221 e. The zero-order valence-electron chi connectivity index (χ0n) is 10.1. The van der Waals surface area contributed by atoms with Gasteiger partial charge in [0, 0.05) is 13.1 Å². The van der Waals surface area contributed by atoms with Crippen LogP contribution in [0, 0.1) is 11.3 Å². The van der Waals surface area contributed by atoms with Gasteiger partial charge in [0.25, 0.3) is 0 Å². The summed E-state index contributed by atoms with van der Waals surface area (Å²) in [6.45, 7) is 0. The molecule has 4 heteroatoms. The Morgan fingerprint density at radius 2 is 2.00 bits per heavy atom. The van der Waals surface area contributed by atoms with Gasteiger partial charge in [0.05, 0.1) is 12.5 Å². The molecule has 0 aliphatic carbocycles. The molecule has 0 saturated carbocycles. The predicted molar refractivity (Wildman–Crippen MR) is 69.6 cm³/mol. The quantitative estimate of drug-likeness (QED) is 0.891. The summed E-state index contributed by atoms with van der Waals surface area (Å²) in [6.07, 6.45) is 0.410. The topological polar surface area (TPSA) is 57.9 Å². The van der Waals surface area contributed by atoms with Crippen LogP contribution in [0.15, 0.2) is 42.5 Å². The van der Waals surface area contributed by atoms with Crippen molar-refractivity contribution in [3.05, 3.63) is 48.0 Å². The first-order valence-corrected chi connectivity index (χ1v) is 5.60. The molecule has 2 rings (SSSR count). The molecule has 90 valence electrons. The highest BCUT2D eigenvalue weighted by molar-refractivity contribution is 5.38. The second-order valence-electron chi connectivity index (χ2n) is 3.69. The van der Waals surface area contributed by atoms with Crippen molar-refractivity contribution < 1.29 is 4.74 Å². The predicted octanol–water partition coefficient (Wildman–Crippen LogP) is 2.98. The zero-order chi connectivity index (χ0) is 12.8. The summed E-state index contributed by atoms with van der Waals surface area (Å²) in [5.41, 5.74) is 0.974. The number of pyridine rings is 1. The molecule has 0 saturated heterocycles. The molecule has 1 aromatic heterocycles. The summed E-state index contributed by atoms with van der Waals surface area (Å²) in [5.74, 6) is 2.00. The van der Waals surface area contributed by atoms with Crippen molar-refractivity contribution in [3.63, 3.8) is 0 Å². The molecular formula is C14H13N3O. The van der Waals surface area contributed by atoms with Crippen LogP contribution in [0.1, 0.15) is 5.56 Å². The summed E-state index contributed by atoms with van der Waals surface area (Å²) in [5, 5.41) is 11.5. The molecule has 0 aliphatic rings. The number of anilines is 1. The molecule has 0 amide bonds. The number of hydrogen-bond donors (Lipinski definition) is 1. The van der Waals surface area contributed by atoms with E-state index in [4.69, 9.17) is 10.00 Å². The highest BCUT2D eigenvalue weighted by atomic mass is 16.5. The van der Waals surface area contributed by atoms with Gasteiger partial charge in [-0.1, -0.05) is 18.2 Å². The van der Waals surface area contributed by atoms with Gasteiger partial charge in [0.1, 0.15) is 11.6 Å². The van der Waals surface area contributed by atoms with E-state index in [-0.39, 0.29) is 0 Å². The van der Waals surface area contributed by atoms with E-state index in [0.717, 1.165) is 11.4 Å². The van der Waals surface area contributed by atoms with Crippen LogP contribution < -0.4 is 10.1 Å². The molecule has 1 heterocycles. The number of benzene rings is 1. The van der Waals surface area contributed by atoms with Gasteiger partial charge in [-0.05, 0) is 23.8 Å². The van der Waals surface area contributed by atoms with E-state index in [1.807, 2.05) is 43.4 Å². The zero-order valence-corrected chi connectivity index (χ0v) is 10.1.